The molecule has 1 saturated heterocycles. The van der Waals surface area contributed by atoms with Crippen LogP contribution in [0.25, 0.3) is 10.9 Å². The average molecular weight is 453 g/mol. The SMILES string of the molecule is NC(=O)c1ccc2c(C(=Nc3cccc(CN4CCCCC4)c3)c3ccccc3)c(O)[nH]c2c1. The van der Waals surface area contributed by atoms with Crippen molar-refractivity contribution in [2.75, 3.05) is 13.1 Å². The van der Waals surface area contributed by atoms with Crippen LogP contribution in [-0.2, 0) is 6.54 Å². The molecule has 6 heteroatoms. The van der Waals surface area contributed by atoms with Crippen LogP contribution in [0.4, 0.5) is 5.69 Å². The molecule has 0 spiro atoms. The minimum absolute atomic E-state index is 0.00342. The van der Waals surface area contributed by atoms with Gasteiger partial charge in [0.15, 0.2) is 5.88 Å². The number of likely N-dealkylation sites (tertiary alicyclic amines) is 1. The summed E-state index contributed by atoms with van der Waals surface area (Å²) in [6.07, 6.45) is 3.83. The maximum atomic E-state index is 11.6. The second-order valence-electron chi connectivity index (χ2n) is 8.81. The van der Waals surface area contributed by atoms with Crippen molar-refractivity contribution in [1.29, 1.82) is 0 Å². The van der Waals surface area contributed by atoms with Gasteiger partial charge in [0, 0.05) is 28.6 Å². The van der Waals surface area contributed by atoms with Gasteiger partial charge in [0.25, 0.3) is 0 Å². The van der Waals surface area contributed by atoms with Gasteiger partial charge in [-0.25, -0.2) is 4.99 Å². The number of aromatic nitrogens is 1. The van der Waals surface area contributed by atoms with Gasteiger partial charge in [-0.3, -0.25) is 9.69 Å². The summed E-state index contributed by atoms with van der Waals surface area (Å²) in [5.74, 6) is -0.510. The number of H-pyrrole nitrogens is 1. The second kappa shape index (κ2) is 9.53. The third kappa shape index (κ3) is 4.58. The van der Waals surface area contributed by atoms with Crippen molar-refractivity contribution in [1.82, 2.24) is 9.88 Å². The highest BCUT2D eigenvalue weighted by atomic mass is 16.3. The second-order valence-corrected chi connectivity index (χ2v) is 8.81. The Morgan fingerprint density at radius 1 is 0.941 bits per heavy atom. The van der Waals surface area contributed by atoms with E-state index < -0.39 is 5.91 Å². The normalized spacial score (nSPS) is 15.0. The van der Waals surface area contributed by atoms with E-state index in [1.807, 2.05) is 42.5 Å². The highest BCUT2D eigenvalue weighted by molar-refractivity contribution is 6.22. The lowest BCUT2D eigenvalue weighted by Crippen LogP contribution is -2.28. The summed E-state index contributed by atoms with van der Waals surface area (Å²) in [4.78, 5) is 22.1. The molecule has 0 bridgehead atoms. The van der Waals surface area contributed by atoms with Crippen molar-refractivity contribution in [2.24, 2.45) is 10.7 Å². The van der Waals surface area contributed by atoms with Gasteiger partial charge in [-0.05, 0) is 55.8 Å². The van der Waals surface area contributed by atoms with Crippen molar-refractivity contribution in [3.05, 3.63) is 95.1 Å². The van der Waals surface area contributed by atoms with Crippen molar-refractivity contribution in [3.8, 4) is 5.88 Å². The van der Waals surface area contributed by atoms with E-state index in [2.05, 4.69) is 22.0 Å². The third-order valence-corrected chi connectivity index (χ3v) is 6.35. The average Bonchev–Trinajstić information content (AvgIpc) is 3.18. The number of benzene rings is 3. The Kier molecular flexibility index (Phi) is 6.14. The number of nitrogens with two attached hydrogens (primary N) is 1. The monoisotopic (exact) mass is 452 g/mol. The van der Waals surface area contributed by atoms with Crippen molar-refractivity contribution < 1.29 is 9.90 Å². The summed E-state index contributed by atoms with van der Waals surface area (Å²) < 4.78 is 0. The van der Waals surface area contributed by atoms with Crippen molar-refractivity contribution in [3.63, 3.8) is 0 Å². The number of hydrogen-bond donors (Lipinski definition) is 3. The molecule has 0 aliphatic carbocycles. The largest absolute Gasteiger partial charge is 0.494 e. The molecule has 5 rings (SSSR count). The van der Waals surface area contributed by atoms with E-state index >= 15 is 0 Å². The molecule has 172 valence electrons. The first-order chi connectivity index (χ1) is 16.6. The van der Waals surface area contributed by atoms with Gasteiger partial charge in [-0.2, -0.15) is 0 Å². The molecular formula is C28H28N4O2. The number of hydrogen-bond acceptors (Lipinski definition) is 4. The fourth-order valence-electron chi connectivity index (χ4n) is 4.67. The van der Waals surface area contributed by atoms with E-state index in [9.17, 15) is 9.90 Å². The summed E-state index contributed by atoms with van der Waals surface area (Å²) in [7, 11) is 0. The number of nitrogens with zero attached hydrogens (tertiary/aromatic N) is 2. The van der Waals surface area contributed by atoms with Crippen molar-refractivity contribution in [2.45, 2.75) is 25.8 Å². The Balaban J connectivity index is 1.59. The molecular weight excluding hydrogens is 424 g/mol. The van der Waals surface area contributed by atoms with Crippen LogP contribution in [0.15, 0.2) is 77.8 Å². The first-order valence-electron chi connectivity index (χ1n) is 11.7. The lowest BCUT2D eigenvalue weighted by atomic mass is 10.00. The molecule has 2 heterocycles. The van der Waals surface area contributed by atoms with Crippen LogP contribution in [-0.4, -0.2) is 39.7 Å². The summed E-state index contributed by atoms with van der Waals surface area (Å²) in [6, 6.07) is 23.2. The van der Waals surface area contributed by atoms with Crippen LogP contribution in [0.3, 0.4) is 0 Å². The quantitative estimate of drug-likeness (QED) is 0.354. The zero-order chi connectivity index (χ0) is 23.5. The lowest BCUT2D eigenvalue weighted by Gasteiger charge is -2.26. The van der Waals surface area contributed by atoms with Gasteiger partial charge in [-0.15, -0.1) is 0 Å². The number of aliphatic imine (C=N–C) groups is 1. The topological polar surface area (TPSA) is 94.7 Å². The van der Waals surface area contributed by atoms with Gasteiger partial charge < -0.3 is 15.8 Å². The number of piperidine rings is 1. The Bertz CT molecular complexity index is 1350. The van der Waals surface area contributed by atoms with Crippen LogP contribution < -0.4 is 5.73 Å². The first kappa shape index (κ1) is 21.9. The number of nitrogens with one attached hydrogen (secondary N) is 1. The molecule has 34 heavy (non-hydrogen) atoms. The summed E-state index contributed by atoms with van der Waals surface area (Å²) in [5.41, 5.74) is 10.6. The number of primary amides is 1. The Morgan fingerprint density at radius 2 is 1.74 bits per heavy atom. The van der Waals surface area contributed by atoms with Crippen LogP contribution >= 0.6 is 0 Å². The van der Waals surface area contributed by atoms with Gasteiger partial charge in [0.1, 0.15) is 0 Å². The van der Waals surface area contributed by atoms with Crippen LogP contribution in [0.1, 0.15) is 46.3 Å². The maximum absolute atomic E-state index is 11.6. The van der Waals surface area contributed by atoms with Gasteiger partial charge in [0.05, 0.1) is 17.0 Å². The first-order valence-corrected chi connectivity index (χ1v) is 11.7. The van der Waals surface area contributed by atoms with E-state index in [0.29, 0.717) is 22.4 Å². The van der Waals surface area contributed by atoms with E-state index in [1.54, 1.807) is 18.2 Å². The Hall–Kier alpha value is -3.90. The summed E-state index contributed by atoms with van der Waals surface area (Å²) in [5, 5.41) is 11.7. The number of amides is 1. The Labute approximate surface area is 198 Å². The molecule has 6 nitrogen and oxygen atoms in total. The van der Waals surface area contributed by atoms with Gasteiger partial charge in [0.2, 0.25) is 5.91 Å². The molecule has 3 aromatic carbocycles. The Morgan fingerprint density at radius 3 is 2.50 bits per heavy atom. The van der Waals surface area contributed by atoms with Crippen molar-refractivity contribution >= 4 is 28.2 Å². The van der Waals surface area contributed by atoms with Crippen LogP contribution in [0.5, 0.6) is 5.88 Å². The molecule has 0 radical (unpaired) electrons. The molecule has 1 aliphatic rings. The zero-order valence-corrected chi connectivity index (χ0v) is 19.0. The molecule has 4 aromatic rings. The van der Waals surface area contributed by atoms with E-state index in [4.69, 9.17) is 10.7 Å². The molecule has 0 saturated carbocycles. The number of aromatic hydroxyl groups is 1. The highest BCUT2D eigenvalue weighted by Gasteiger charge is 2.19. The molecule has 0 atom stereocenters. The number of rotatable bonds is 6. The highest BCUT2D eigenvalue weighted by Crippen LogP contribution is 2.32. The minimum Gasteiger partial charge on any atom is -0.494 e. The molecule has 1 amide bonds. The summed E-state index contributed by atoms with van der Waals surface area (Å²) in [6.45, 7) is 3.19. The number of aromatic amines is 1. The predicted octanol–water partition coefficient (Wildman–Crippen LogP) is 5.13. The predicted molar refractivity (Wildman–Crippen MR) is 136 cm³/mol. The molecule has 1 aromatic heterocycles. The lowest BCUT2D eigenvalue weighted by molar-refractivity contribution is 0.100. The number of carbonyl (C=O) groups excluding carboxylic acids is 1. The molecule has 1 aliphatic heterocycles. The van der Waals surface area contributed by atoms with Gasteiger partial charge >= 0.3 is 0 Å². The fourth-order valence-corrected chi connectivity index (χ4v) is 4.67. The zero-order valence-electron chi connectivity index (χ0n) is 19.0. The number of carbonyl (C=O) groups is 1. The van der Waals surface area contributed by atoms with E-state index in [-0.39, 0.29) is 5.88 Å². The number of fused-ring (bicyclic) bond motifs is 1. The molecule has 4 N–H and O–H groups in total. The van der Waals surface area contributed by atoms with Crippen LogP contribution in [0, 0.1) is 0 Å². The standard InChI is InChI=1S/C28H28N4O2/c29-27(33)21-12-13-23-24(17-21)31-28(34)25(23)26(20-9-3-1-4-10-20)30-22-11-7-8-19(16-22)18-32-14-5-2-6-15-32/h1,3-4,7-13,16-17,31,34H,2,5-6,14-15,18H2,(H2,29,33). The van der Waals surface area contributed by atoms with Gasteiger partial charge in [-0.1, -0.05) is 55.0 Å². The molecule has 0 unspecified atom stereocenters. The van der Waals surface area contributed by atoms with Crippen LogP contribution in [0.2, 0.25) is 0 Å². The molecule has 1 fully saturated rings. The minimum atomic E-state index is -0.514. The third-order valence-electron chi connectivity index (χ3n) is 6.35. The summed E-state index contributed by atoms with van der Waals surface area (Å²) >= 11 is 0. The van der Waals surface area contributed by atoms with E-state index in [0.717, 1.165) is 36.3 Å². The van der Waals surface area contributed by atoms with E-state index in [1.165, 1.54) is 24.8 Å². The fraction of sp³-hybridized carbons (Fsp3) is 0.214. The smallest absolute Gasteiger partial charge is 0.248 e. The maximum Gasteiger partial charge on any atom is 0.248 e.